The van der Waals surface area contributed by atoms with Crippen molar-refractivity contribution in [1.29, 1.82) is 0 Å². The molecule has 0 amide bonds. The lowest BCUT2D eigenvalue weighted by Gasteiger charge is -2.11. The monoisotopic (exact) mass is 210 g/mol. The third-order valence-electron chi connectivity index (χ3n) is 2.63. The lowest BCUT2D eigenvalue weighted by atomic mass is 9.99. The number of hydrogen-bond acceptors (Lipinski definition) is 2. The van der Waals surface area contributed by atoms with E-state index in [-0.39, 0.29) is 0 Å². The second-order valence-electron chi connectivity index (χ2n) is 3.50. The molecular formula is C10H11ClN2O. The first-order valence-electron chi connectivity index (χ1n) is 4.64. The molecule has 1 aliphatic rings. The van der Waals surface area contributed by atoms with Crippen LogP contribution in [-0.2, 0) is 0 Å². The van der Waals surface area contributed by atoms with Gasteiger partial charge in [-0.15, -0.1) is 4.91 Å². The highest BCUT2D eigenvalue weighted by atomic mass is 35.5. The van der Waals surface area contributed by atoms with Crippen LogP contribution in [-0.4, -0.2) is 18.1 Å². The van der Waals surface area contributed by atoms with Crippen LogP contribution in [0.5, 0.6) is 0 Å². The van der Waals surface area contributed by atoms with E-state index >= 15 is 0 Å². The van der Waals surface area contributed by atoms with Crippen molar-refractivity contribution >= 4 is 11.6 Å². The summed E-state index contributed by atoms with van der Waals surface area (Å²) in [6.45, 7) is 1.42. The Hall–Kier alpha value is -1.09. The van der Waals surface area contributed by atoms with Gasteiger partial charge in [0.1, 0.15) is 0 Å². The van der Waals surface area contributed by atoms with Gasteiger partial charge in [0.15, 0.2) is 0 Å². The van der Waals surface area contributed by atoms with Gasteiger partial charge in [0.05, 0.1) is 5.29 Å². The molecule has 1 heterocycles. The molecule has 2 rings (SSSR count). The van der Waals surface area contributed by atoms with Crippen molar-refractivity contribution in [2.75, 3.05) is 13.1 Å². The molecule has 1 atom stereocenters. The van der Waals surface area contributed by atoms with Gasteiger partial charge in [-0.05, 0) is 18.1 Å². The van der Waals surface area contributed by atoms with Crippen LogP contribution in [0.4, 0.5) is 0 Å². The van der Waals surface area contributed by atoms with Gasteiger partial charge in [0.2, 0.25) is 0 Å². The fourth-order valence-corrected chi connectivity index (χ4v) is 2.17. The van der Waals surface area contributed by atoms with Gasteiger partial charge >= 0.3 is 0 Å². The van der Waals surface area contributed by atoms with E-state index < -0.39 is 0 Å². The van der Waals surface area contributed by atoms with Gasteiger partial charge in [0.25, 0.3) is 0 Å². The average Bonchev–Trinajstić information content (AvgIpc) is 2.67. The van der Waals surface area contributed by atoms with Gasteiger partial charge in [-0.25, -0.2) is 0 Å². The zero-order valence-corrected chi connectivity index (χ0v) is 8.44. The Morgan fingerprint density at radius 1 is 1.43 bits per heavy atom. The Bertz CT molecular complexity index is 343. The molecule has 1 saturated heterocycles. The summed E-state index contributed by atoms with van der Waals surface area (Å²) in [5, 5.41) is 5.27. The molecule has 0 spiro atoms. The summed E-state index contributed by atoms with van der Waals surface area (Å²) in [7, 11) is 0. The summed E-state index contributed by atoms with van der Waals surface area (Å²) in [4.78, 5) is 10.3. The van der Waals surface area contributed by atoms with Crippen molar-refractivity contribution in [2.24, 2.45) is 5.29 Å². The van der Waals surface area contributed by atoms with Gasteiger partial charge in [-0.2, -0.15) is 0 Å². The van der Waals surface area contributed by atoms with Gasteiger partial charge < -0.3 is 0 Å². The number of rotatable bonds is 2. The van der Waals surface area contributed by atoms with Crippen LogP contribution < -0.4 is 0 Å². The van der Waals surface area contributed by atoms with E-state index in [1.165, 1.54) is 0 Å². The molecule has 4 heteroatoms. The molecule has 14 heavy (non-hydrogen) atoms. The molecule has 3 nitrogen and oxygen atoms in total. The highest BCUT2D eigenvalue weighted by Gasteiger charge is 2.24. The molecule has 1 unspecified atom stereocenters. The third kappa shape index (κ3) is 1.73. The van der Waals surface area contributed by atoms with Crippen LogP contribution in [0.2, 0.25) is 5.02 Å². The Morgan fingerprint density at radius 2 is 2.21 bits per heavy atom. The van der Waals surface area contributed by atoms with E-state index in [1.807, 2.05) is 24.3 Å². The smallest absolute Gasteiger partial charge is 0.0524 e. The molecule has 74 valence electrons. The fraction of sp³-hybridized carbons (Fsp3) is 0.400. The third-order valence-corrected chi connectivity index (χ3v) is 2.97. The Balaban J connectivity index is 2.17. The minimum atomic E-state index is 0.349. The Kier molecular flexibility index (Phi) is 2.68. The molecule has 1 aromatic rings. The number of nitrogens with zero attached hydrogens (tertiary/aromatic N) is 2. The normalized spacial score (nSPS) is 21.2. The summed E-state index contributed by atoms with van der Waals surface area (Å²) in [5.41, 5.74) is 1.13. The molecule has 0 bridgehead atoms. The van der Waals surface area contributed by atoms with Crippen LogP contribution in [0.15, 0.2) is 29.6 Å². The van der Waals surface area contributed by atoms with Crippen LogP contribution in [0.3, 0.4) is 0 Å². The van der Waals surface area contributed by atoms with Crippen molar-refractivity contribution < 1.29 is 0 Å². The maximum Gasteiger partial charge on any atom is 0.0524 e. The van der Waals surface area contributed by atoms with E-state index in [0.29, 0.717) is 12.5 Å². The van der Waals surface area contributed by atoms with Crippen LogP contribution >= 0.6 is 11.6 Å². The zero-order valence-electron chi connectivity index (χ0n) is 7.69. The van der Waals surface area contributed by atoms with Crippen molar-refractivity contribution in [2.45, 2.75) is 12.3 Å². The SMILES string of the molecule is O=NN1CCC(c2ccccc2Cl)C1. The number of benzene rings is 1. The maximum atomic E-state index is 10.3. The number of hydrogen-bond donors (Lipinski definition) is 0. The van der Waals surface area contributed by atoms with E-state index in [2.05, 4.69) is 5.29 Å². The van der Waals surface area contributed by atoms with Crippen molar-refractivity contribution in [1.82, 2.24) is 5.01 Å². The molecule has 0 aliphatic carbocycles. The highest BCUT2D eigenvalue weighted by molar-refractivity contribution is 6.31. The molecule has 1 aromatic carbocycles. The predicted octanol–water partition coefficient (Wildman–Crippen LogP) is 2.81. The van der Waals surface area contributed by atoms with Crippen molar-refractivity contribution in [3.05, 3.63) is 39.8 Å². The van der Waals surface area contributed by atoms with Crippen molar-refractivity contribution in [3.8, 4) is 0 Å². The van der Waals surface area contributed by atoms with Crippen LogP contribution in [0.1, 0.15) is 17.9 Å². The molecule has 0 N–H and O–H groups in total. The lowest BCUT2D eigenvalue weighted by Crippen LogP contribution is -2.11. The molecule has 1 fully saturated rings. The molecule has 0 radical (unpaired) electrons. The second kappa shape index (κ2) is 3.96. The Morgan fingerprint density at radius 3 is 2.86 bits per heavy atom. The molecular weight excluding hydrogens is 200 g/mol. The van der Waals surface area contributed by atoms with E-state index in [4.69, 9.17) is 11.6 Å². The van der Waals surface area contributed by atoms with Crippen LogP contribution in [0, 0.1) is 4.91 Å². The summed E-state index contributed by atoms with van der Waals surface area (Å²) < 4.78 is 0. The first-order valence-corrected chi connectivity index (χ1v) is 5.01. The molecule has 0 aromatic heterocycles. The van der Waals surface area contributed by atoms with E-state index in [0.717, 1.165) is 23.6 Å². The van der Waals surface area contributed by atoms with E-state index in [1.54, 1.807) is 5.01 Å². The zero-order chi connectivity index (χ0) is 9.97. The number of halogens is 1. The van der Waals surface area contributed by atoms with Gasteiger partial charge in [-0.3, -0.25) is 5.01 Å². The maximum absolute atomic E-state index is 10.3. The standard InChI is InChI=1S/C10H11ClN2O/c11-10-4-2-1-3-9(10)8-5-6-13(7-8)12-14/h1-4,8H,5-7H2. The summed E-state index contributed by atoms with van der Waals surface area (Å²) in [6, 6.07) is 7.78. The number of nitroso groups, excluding NO2 is 1. The van der Waals surface area contributed by atoms with Gasteiger partial charge in [-0.1, -0.05) is 29.8 Å². The quantitative estimate of drug-likeness (QED) is 0.704. The lowest BCUT2D eigenvalue weighted by molar-refractivity contribution is 0.350. The summed E-state index contributed by atoms with van der Waals surface area (Å²) >= 11 is 6.07. The fourth-order valence-electron chi connectivity index (χ4n) is 1.88. The van der Waals surface area contributed by atoms with Gasteiger partial charge in [0, 0.05) is 24.0 Å². The second-order valence-corrected chi connectivity index (χ2v) is 3.91. The minimum Gasteiger partial charge on any atom is -0.260 e. The average molecular weight is 211 g/mol. The highest BCUT2D eigenvalue weighted by Crippen LogP contribution is 2.31. The topological polar surface area (TPSA) is 32.7 Å². The summed E-state index contributed by atoms with van der Waals surface area (Å²) in [6.07, 6.45) is 0.954. The predicted molar refractivity (Wildman–Crippen MR) is 56.2 cm³/mol. The summed E-state index contributed by atoms with van der Waals surface area (Å²) in [5.74, 6) is 0.349. The molecule has 1 aliphatic heterocycles. The first kappa shape index (κ1) is 9.46. The first-order chi connectivity index (χ1) is 6.81. The van der Waals surface area contributed by atoms with Crippen molar-refractivity contribution in [3.63, 3.8) is 0 Å². The van der Waals surface area contributed by atoms with E-state index in [9.17, 15) is 4.91 Å². The largest absolute Gasteiger partial charge is 0.260 e. The minimum absolute atomic E-state index is 0.349. The molecule has 0 saturated carbocycles. The van der Waals surface area contributed by atoms with Crippen LogP contribution in [0.25, 0.3) is 0 Å². The Labute approximate surface area is 87.6 Å².